The van der Waals surface area contributed by atoms with Gasteiger partial charge in [0.15, 0.2) is 5.82 Å². The summed E-state index contributed by atoms with van der Waals surface area (Å²) in [5.74, 6) is 3.65. The molecule has 0 atom stereocenters. The van der Waals surface area contributed by atoms with Gasteiger partial charge in [0.1, 0.15) is 17.3 Å². The third-order valence-electron chi connectivity index (χ3n) is 4.78. The highest BCUT2D eigenvalue weighted by molar-refractivity contribution is 5.95. The Morgan fingerprint density at radius 2 is 2.08 bits per heavy atom. The molecule has 0 radical (unpaired) electrons. The molecule has 130 valence electrons. The van der Waals surface area contributed by atoms with Crippen molar-refractivity contribution in [3.05, 3.63) is 34.8 Å². The van der Waals surface area contributed by atoms with Crippen molar-refractivity contribution in [1.29, 1.82) is 0 Å². The molecule has 0 saturated heterocycles. The molecule has 0 bridgehead atoms. The lowest BCUT2D eigenvalue weighted by atomic mass is 9.85. The topological polar surface area (TPSA) is 73.0 Å². The predicted octanol–water partition coefficient (Wildman–Crippen LogP) is 3.21. The molecule has 1 saturated carbocycles. The molecule has 0 spiro atoms. The number of carbonyl (C=O) groups is 1. The first kappa shape index (κ1) is 16.7. The Morgan fingerprint density at radius 1 is 1.38 bits per heavy atom. The number of furan rings is 1. The van der Waals surface area contributed by atoms with Crippen LogP contribution in [0.15, 0.2) is 10.5 Å². The Kier molecular flexibility index (Phi) is 4.24. The van der Waals surface area contributed by atoms with E-state index in [1.807, 2.05) is 24.6 Å². The summed E-state index contributed by atoms with van der Waals surface area (Å²) >= 11 is 0. The fourth-order valence-electron chi connectivity index (χ4n) is 2.88. The number of aromatic nitrogens is 3. The SMILES string of the molecule is Cc1oc(C(C)(C)C)cc1C(=O)NCc1nnc(C2CCC2)n1C. The van der Waals surface area contributed by atoms with Crippen molar-refractivity contribution in [3.8, 4) is 0 Å². The summed E-state index contributed by atoms with van der Waals surface area (Å²) in [6.07, 6.45) is 3.63. The van der Waals surface area contributed by atoms with E-state index in [4.69, 9.17) is 4.42 Å². The molecule has 1 amide bonds. The largest absolute Gasteiger partial charge is 0.465 e. The van der Waals surface area contributed by atoms with Gasteiger partial charge >= 0.3 is 0 Å². The number of aryl methyl sites for hydroxylation is 1. The van der Waals surface area contributed by atoms with Crippen LogP contribution in [0.1, 0.15) is 79.5 Å². The van der Waals surface area contributed by atoms with Crippen molar-refractivity contribution in [2.24, 2.45) is 7.05 Å². The highest BCUT2D eigenvalue weighted by Crippen LogP contribution is 2.35. The van der Waals surface area contributed by atoms with E-state index in [0.29, 0.717) is 23.8 Å². The number of hydrogen-bond donors (Lipinski definition) is 1. The molecule has 2 aromatic rings. The average molecular weight is 330 g/mol. The molecule has 0 aromatic carbocycles. The average Bonchev–Trinajstić information content (AvgIpc) is 2.99. The van der Waals surface area contributed by atoms with E-state index in [9.17, 15) is 4.79 Å². The molecule has 1 aliphatic rings. The van der Waals surface area contributed by atoms with Gasteiger partial charge in [0.2, 0.25) is 0 Å². The molecule has 1 aliphatic carbocycles. The van der Waals surface area contributed by atoms with Gasteiger partial charge in [-0.1, -0.05) is 27.2 Å². The molecule has 24 heavy (non-hydrogen) atoms. The van der Waals surface area contributed by atoms with Gasteiger partial charge in [-0.2, -0.15) is 0 Å². The third kappa shape index (κ3) is 3.09. The highest BCUT2D eigenvalue weighted by atomic mass is 16.3. The van der Waals surface area contributed by atoms with Gasteiger partial charge in [-0.25, -0.2) is 0 Å². The second-order valence-corrected chi connectivity index (χ2v) is 7.67. The Hall–Kier alpha value is -2.11. The Labute approximate surface area is 142 Å². The zero-order valence-corrected chi connectivity index (χ0v) is 15.1. The molecule has 6 nitrogen and oxygen atoms in total. The first-order valence-corrected chi connectivity index (χ1v) is 8.54. The van der Waals surface area contributed by atoms with E-state index >= 15 is 0 Å². The molecule has 1 N–H and O–H groups in total. The summed E-state index contributed by atoms with van der Waals surface area (Å²) in [4.78, 5) is 12.5. The molecule has 2 heterocycles. The van der Waals surface area contributed by atoms with Gasteiger partial charge < -0.3 is 14.3 Å². The minimum atomic E-state index is -0.139. The van der Waals surface area contributed by atoms with E-state index < -0.39 is 0 Å². The quantitative estimate of drug-likeness (QED) is 0.934. The van der Waals surface area contributed by atoms with Gasteiger partial charge in [-0.05, 0) is 25.8 Å². The fourth-order valence-corrected chi connectivity index (χ4v) is 2.88. The summed E-state index contributed by atoms with van der Waals surface area (Å²) in [7, 11) is 1.97. The predicted molar refractivity (Wildman–Crippen MR) is 90.9 cm³/mol. The molecular formula is C18H26N4O2. The van der Waals surface area contributed by atoms with Gasteiger partial charge in [-0.3, -0.25) is 4.79 Å². The first-order chi connectivity index (χ1) is 11.3. The molecule has 3 rings (SSSR count). The van der Waals surface area contributed by atoms with Crippen LogP contribution in [0.2, 0.25) is 0 Å². The number of amides is 1. The smallest absolute Gasteiger partial charge is 0.255 e. The minimum Gasteiger partial charge on any atom is -0.465 e. The fraction of sp³-hybridized carbons (Fsp3) is 0.611. The van der Waals surface area contributed by atoms with Gasteiger partial charge in [0, 0.05) is 18.4 Å². The minimum absolute atomic E-state index is 0.120. The summed E-state index contributed by atoms with van der Waals surface area (Å²) in [6.45, 7) is 8.38. The van der Waals surface area contributed by atoms with Crippen LogP contribution in [0.25, 0.3) is 0 Å². The van der Waals surface area contributed by atoms with Crippen LogP contribution in [0.5, 0.6) is 0 Å². The number of carbonyl (C=O) groups excluding carboxylic acids is 1. The molecular weight excluding hydrogens is 304 g/mol. The summed E-state index contributed by atoms with van der Waals surface area (Å²) < 4.78 is 7.75. The monoisotopic (exact) mass is 330 g/mol. The maximum Gasteiger partial charge on any atom is 0.255 e. The second-order valence-electron chi connectivity index (χ2n) is 7.67. The lowest BCUT2D eigenvalue weighted by Crippen LogP contribution is -2.25. The first-order valence-electron chi connectivity index (χ1n) is 8.54. The van der Waals surface area contributed by atoms with Crippen molar-refractivity contribution in [3.63, 3.8) is 0 Å². The number of nitrogens with zero attached hydrogens (tertiary/aromatic N) is 3. The Morgan fingerprint density at radius 3 is 2.62 bits per heavy atom. The lowest BCUT2D eigenvalue weighted by molar-refractivity contribution is 0.0948. The van der Waals surface area contributed by atoms with Crippen LogP contribution in [0, 0.1) is 6.92 Å². The van der Waals surface area contributed by atoms with Crippen molar-refractivity contribution in [1.82, 2.24) is 20.1 Å². The van der Waals surface area contributed by atoms with Crippen LogP contribution in [0.3, 0.4) is 0 Å². The summed E-state index contributed by atoms with van der Waals surface area (Å²) in [5.41, 5.74) is 0.464. The van der Waals surface area contributed by atoms with Crippen LogP contribution in [0.4, 0.5) is 0 Å². The van der Waals surface area contributed by atoms with Gasteiger partial charge in [-0.15, -0.1) is 10.2 Å². The number of nitrogens with one attached hydrogen (secondary N) is 1. The zero-order chi connectivity index (χ0) is 17.5. The van der Waals surface area contributed by atoms with E-state index in [0.717, 1.165) is 17.4 Å². The van der Waals surface area contributed by atoms with E-state index in [2.05, 4.69) is 36.3 Å². The highest BCUT2D eigenvalue weighted by Gasteiger charge is 2.26. The molecule has 2 aromatic heterocycles. The lowest BCUT2D eigenvalue weighted by Gasteiger charge is -2.24. The van der Waals surface area contributed by atoms with E-state index in [1.165, 1.54) is 19.3 Å². The molecule has 1 fully saturated rings. The summed E-state index contributed by atoms with van der Waals surface area (Å²) in [6, 6.07) is 1.83. The third-order valence-corrected chi connectivity index (χ3v) is 4.78. The standard InChI is InChI=1S/C18H26N4O2/c1-11-13(9-14(24-11)18(2,3)4)17(23)19-10-15-20-21-16(22(15)5)12-7-6-8-12/h9,12H,6-8,10H2,1-5H3,(H,19,23). The van der Waals surface area contributed by atoms with E-state index in [1.54, 1.807) is 0 Å². The zero-order valence-electron chi connectivity index (χ0n) is 15.1. The molecule has 0 unspecified atom stereocenters. The van der Waals surface area contributed by atoms with Crippen molar-refractivity contribution in [2.75, 3.05) is 0 Å². The van der Waals surface area contributed by atoms with Gasteiger partial charge in [0.25, 0.3) is 5.91 Å². The Balaban J connectivity index is 1.68. The van der Waals surface area contributed by atoms with Crippen molar-refractivity contribution >= 4 is 5.91 Å². The van der Waals surface area contributed by atoms with Crippen molar-refractivity contribution < 1.29 is 9.21 Å². The van der Waals surface area contributed by atoms with Gasteiger partial charge in [0.05, 0.1) is 12.1 Å². The van der Waals surface area contributed by atoms with E-state index in [-0.39, 0.29) is 11.3 Å². The molecule has 0 aliphatic heterocycles. The maximum absolute atomic E-state index is 12.5. The van der Waals surface area contributed by atoms with Crippen LogP contribution in [-0.2, 0) is 19.0 Å². The Bertz CT molecular complexity index is 748. The van der Waals surface area contributed by atoms with Crippen LogP contribution < -0.4 is 5.32 Å². The summed E-state index contributed by atoms with van der Waals surface area (Å²) in [5, 5.41) is 11.4. The van der Waals surface area contributed by atoms with Crippen LogP contribution >= 0.6 is 0 Å². The molecule has 6 heteroatoms. The van der Waals surface area contributed by atoms with Crippen LogP contribution in [-0.4, -0.2) is 20.7 Å². The van der Waals surface area contributed by atoms with Crippen molar-refractivity contribution in [2.45, 2.75) is 64.8 Å². The number of hydrogen-bond acceptors (Lipinski definition) is 4. The normalized spacial score (nSPS) is 15.4. The second kappa shape index (κ2) is 6.07. The number of rotatable bonds is 4. The maximum atomic E-state index is 12.5.